The molecule has 0 spiro atoms. The molecule has 0 aliphatic heterocycles. The first-order valence-electron chi connectivity index (χ1n) is 9.33. The highest BCUT2D eigenvalue weighted by Crippen LogP contribution is 2.52. The number of aromatic carboxylic acids is 1. The summed E-state index contributed by atoms with van der Waals surface area (Å²) in [6.45, 7) is 4.19. The summed E-state index contributed by atoms with van der Waals surface area (Å²) in [6.07, 6.45) is 0. The van der Waals surface area contributed by atoms with E-state index in [0.29, 0.717) is 9.88 Å². The molecule has 0 radical (unpaired) electrons. The van der Waals surface area contributed by atoms with E-state index in [0.717, 1.165) is 42.1 Å². The van der Waals surface area contributed by atoms with Crippen molar-refractivity contribution in [3.05, 3.63) is 51.0 Å². The standard InChI is InChI=1S/C23H15NO2S4/c1-9-7-11-13(27-9)3-5-15-17(11)19(21(29-15)23(25)26)20-18-12-8-10(2)28-14(12)4-6-16(18)30-22(20)24/h3-8H,24H2,1-2H3,(H,25,26). The molecule has 2 aromatic carbocycles. The molecule has 0 saturated carbocycles. The van der Waals surface area contributed by atoms with Gasteiger partial charge in [-0.3, -0.25) is 0 Å². The van der Waals surface area contributed by atoms with E-state index in [-0.39, 0.29) is 0 Å². The maximum absolute atomic E-state index is 12.3. The van der Waals surface area contributed by atoms with Crippen LogP contribution in [0.4, 0.5) is 5.00 Å². The number of thiophene rings is 4. The number of hydrogen-bond acceptors (Lipinski definition) is 6. The number of fused-ring (bicyclic) bond motifs is 6. The number of nitrogen functional groups attached to an aromatic ring is 1. The van der Waals surface area contributed by atoms with E-state index in [9.17, 15) is 9.90 Å². The van der Waals surface area contributed by atoms with E-state index < -0.39 is 5.97 Å². The van der Waals surface area contributed by atoms with Gasteiger partial charge in [-0.05, 0) is 50.2 Å². The summed E-state index contributed by atoms with van der Waals surface area (Å²) in [5.74, 6) is -0.904. The second-order valence-electron chi connectivity index (χ2n) is 7.37. The fraction of sp³-hybridized carbons (Fsp3) is 0.0870. The van der Waals surface area contributed by atoms with Crippen LogP contribution in [0.15, 0.2) is 36.4 Å². The van der Waals surface area contributed by atoms with Crippen LogP contribution in [0.3, 0.4) is 0 Å². The average Bonchev–Trinajstić information content (AvgIpc) is 3.41. The van der Waals surface area contributed by atoms with Crippen molar-refractivity contribution in [1.29, 1.82) is 0 Å². The molecule has 30 heavy (non-hydrogen) atoms. The molecule has 0 bridgehead atoms. The highest BCUT2D eigenvalue weighted by atomic mass is 32.1. The lowest BCUT2D eigenvalue weighted by molar-refractivity contribution is 0.0703. The van der Waals surface area contributed by atoms with Crippen LogP contribution in [0.25, 0.3) is 51.5 Å². The van der Waals surface area contributed by atoms with E-state index in [4.69, 9.17) is 5.73 Å². The first-order chi connectivity index (χ1) is 14.4. The fourth-order valence-corrected chi connectivity index (χ4v) is 8.25. The van der Waals surface area contributed by atoms with Crippen LogP contribution in [0.5, 0.6) is 0 Å². The smallest absolute Gasteiger partial charge is 0.346 e. The summed E-state index contributed by atoms with van der Waals surface area (Å²) in [5.41, 5.74) is 8.23. The Kier molecular flexibility index (Phi) is 3.83. The zero-order chi connectivity index (χ0) is 20.7. The van der Waals surface area contributed by atoms with Gasteiger partial charge < -0.3 is 10.8 Å². The molecule has 4 heterocycles. The number of benzene rings is 2. The van der Waals surface area contributed by atoms with Gasteiger partial charge in [0.05, 0.1) is 5.00 Å². The molecule has 3 nitrogen and oxygen atoms in total. The zero-order valence-corrected chi connectivity index (χ0v) is 19.3. The second-order valence-corrected chi connectivity index (χ2v) is 12.1. The molecule has 0 fully saturated rings. The van der Waals surface area contributed by atoms with Crippen molar-refractivity contribution in [3.63, 3.8) is 0 Å². The van der Waals surface area contributed by atoms with Gasteiger partial charge in [0.1, 0.15) is 4.88 Å². The van der Waals surface area contributed by atoms with Crippen molar-refractivity contribution in [2.45, 2.75) is 13.8 Å². The molecule has 148 valence electrons. The number of aryl methyl sites for hydroxylation is 2. The van der Waals surface area contributed by atoms with Crippen LogP contribution < -0.4 is 5.73 Å². The molecule has 7 heteroatoms. The molecule has 0 aliphatic rings. The summed E-state index contributed by atoms with van der Waals surface area (Å²) >= 11 is 6.36. The molecule has 0 amide bonds. The van der Waals surface area contributed by atoms with Crippen molar-refractivity contribution in [1.82, 2.24) is 0 Å². The lowest BCUT2D eigenvalue weighted by Gasteiger charge is -2.05. The maximum atomic E-state index is 12.3. The number of carboxylic acid groups (broad SMARTS) is 1. The van der Waals surface area contributed by atoms with Crippen molar-refractivity contribution in [2.24, 2.45) is 0 Å². The molecule has 0 saturated heterocycles. The van der Waals surface area contributed by atoms with Crippen LogP contribution in [-0.2, 0) is 0 Å². The summed E-state index contributed by atoms with van der Waals surface area (Å²) in [7, 11) is 0. The predicted octanol–water partition coefficient (Wildman–Crippen LogP) is 8.11. The first-order valence-corrected chi connectivity index (χ1v) is 12.6. The van der Waals surface area contributed by atoms with Crippen molar-refractivity contribution < 1.29 is 9.90 Å². The Balaban J connectivity index is 1.88. The molecule has 0 unspecified atom stereocenters. The van der Waals surface area contributed by atoms with Gasteiger partial charge in [0.15, 0.2) is 0 Å². The number of anilines is 1. The average molecular weight is 466 g/mol. The van der Waals surface area contributed by atoms with Crippen molar-refractivity contribution in [2.75, 3.05) is 5.73 Å². The summed E-state index contributed by atoms with van der Waals surface area (Å²) in [6, 6.07) is 12.7. The largest absolute Gasteiger partial charge is 0.477 e. The van der Waals surface area contributed by atoms with Crippen molar-refractivity contribution in [3.8, 4) is 11.1 Å². The molecule has 6 aromatic rings. The minimum atomic E-state index is -0.904. The second kappa shape index (κ2) is 6.28. The van der Waals surface area contributed by atoms with Gasteiger partial charge in [0.25, 0.3) is 0 Å². The number of hydrogen-bond donors (Lipinski definition) is 2. The molecule has 4 aromatic heterocycles. The predicted molar refractivity (Wildman–Crippen MR) is 134 cm³/mol. The third-order valence-electron chi connectivity index (χ3n) is 5.42. The van der Waals surface area contributed by atoms with E-state index in [2.05, 4.69) is 44.2 Å². The summed E-state index contributed by atoms with van der Waals surface area (Å²) in [5, 5.41) is 15.1. The van der Waals surface area contributed by atoms with Crippen LogP contribution in [0.1, 0.15) is 19.4 Å². The van der Waals surface area contributed by atoms with Gasteiger partial charge in [-0.1, -0.05) is 0 Å². The van der Waals surface area contributed by atoms with Gasteiger partial charge in [0.2, 0.25) is 0 Å². The Bertz CT molecular complexity index is 1660. The molecule has 6 rings (SSSR count). The van der Waals surface area contributed by atoms with E-state index in [1.165, 1.54) is 41.8 Å². The Morgan fingerprint density at radius 1 is 0.767 bits per heavy atom. The van der Waals surface area contributed by atoms with Crippen LogP contribution in [0.2, 0.25) is 0 Å². The Morgan fingerprint density at radius 3 is 1.83 bits per heavy atom. The van der Waals surface area contributed by atoms with E-state index >= 15 is 0 Å². The molecule has 0 aliphatic carbocycles. The van der Waals surface area contributed by atoms with Gasteiger partial charge in [-0.25, -0.2) is 4.79 Å². The third-order valence-corrected chi connectivity index (χ3v) is 9.58. The molecule has 0 atom stereocenters. The van der Waals surface area contributed by atoms with E-state index in [1.54, 1.807) is 22.7 Å². The minimum Gasteiger partial charge on any atom is -0.477 e. The highest BCUT2D eigenvalue weighted by molar-refractivity contribution is 7.25. The zero-order valence-electron chi connectivity index (χ0n) is 16.0. The quantitative estimate of drug-likeness (QED) is 0.271. The summed E-state index contributed by atoms with van der Waals surface area (Å²) in [4.78, 5) is 15.1. The fourth-order valence-electron chi connectivity index (χ4n) is 4.33. The first kappa shape index (κ1) is 18.3. The van der Waals surface area contributed by atoms with E-state index in [1.807, 2.05) is 6.07 Å². The number of carbonyl (C=O) groups is 1. The number of rotatable bonds is 2. The third kappa shape index (κ3) is 2.43. The van der Waals surface area contributed by atoms with Crippen molar-refractivity contribution >= 4 is 96.7 Å². The summed E-state index contributed by atoms with van der Waals surface area (Å²) < 4.78 is 4.45. The Hall–Kier alpha value is -2.45. The van der Waals surface area contributed by atoms with Gasteiger partial charge in [-0.15, -0.1) is 45.3 Å². The number of nitrogens with two attached hydrogens (primary N) is 1. The van der Waals surface area contributed by atoms with Crippen LogP contribution in [0, 0.1) is 13.8 Å². The molecular formula is C23H15NO2S4. The molecule has 3 N–H and O–H groups in total. The van der Waals surface area contributed by atoms with Gasteiger partial charge >= 0.3 is 5.97 Å². The SMILES string of the molecule is Cc1cc2c(ccc3sc(N)c(-c4c(C(=O)O)sc5ccc6sc(C)cc6c45)c32)s1. The Labute approximate surface area is 187 Å². The normalized spacial score (nSPS) is 12.1. The van der Waals surface area contributed by atoms with Gasteiger partial charge in [-0.2, -0.15) is 0 Å². The molecular weight excluding hydrogens is 451 g/mol. The van der Waals surface area contributed by atoms with Crippen LogP contribution in [-0.4, -0.2) is 11.1 Å². The highest BCUT2D eigenvalue weighted by Gasteiger charge is 2.26. The lowest BCUT2D eigenvalue weighted by Crippen LogP contribution is -1.96. The minimum absolute atomic E-state index is 0.358. The van der Waals surface area contributed by atoms with Gasteiger partial charge in [0, 0.05) is 61.2 Å². The topological polar surface area (TPSA) is 63.3 Å². The monoisotopic (exact) mass is 465 g/mol. The maximum Gasteiger partial charge on any atom is 0.346 e. The Morgan fingerprint density at radius 2 is 1.27 bits per heavy atom. The lowest BCUT2D eigenvalue weighted by atomic mass is 9.97. The number of carboxylic acids is 1. The van der Waals surface area contributed by atoms with Crippen LogP contribution >= 0.6 is 45.3 Å².